The van der Waals surface area contributed by atoms with E-state index in [2.05, 4.69) is 31.4 Å². The van der Waals surface area contributed by atoms with Crippen molar-refractivity contribution in [3.63, 3.8) is 0 Å². The molecule has 1 aromatic carbocycles. The summed E-state index contributed by atoms with van der Waals surface area (Å²) in [6.07, 6.45) is 4.38. The fourth-order valence-corrected chi connectivity index (χ4v) is 3.40. The molecule has 1 N–H and O–H groups in total. The Morgan fingerprint density at radius 1 is 1.15 bits per heavy atom. The van der Waals surface area contributed by atoms with Gasteiger partial charge in [-0.25, -0.2) is 0 Å². The lowest BCUT2D eigenvalue weighted by Crippen LogP contribution is -2.32. The summed E-state index contributed by atoms with van der Waals surface area (Å²) in [5.41, 5.74) is 0.499. The third kappa shape index (κ3) is 4.21. The molecule has 1 saturated carbocycles. The van der Waals surface area contributed by atoms with Gasteiger partial charge in [-0.3, -0.25) is 4.79 Å². The van der Waals surface area contributed by atoms with E-state index in [1.807, 2.05) is 12.1 Å². The smallest absolute Gasteiger partial charge is 0.283 e. The van der Waals surface area contributed by atoms with Gasteiger partial charge < -0.3 is 18.9 Å². The van der Waals surface area contributed by atoms with Gasteiger partial charge in [0.05, 0.1) is 5.56 Å². The van der Waals surface area contributed by atoms with Crippen LogP contribution in [0.5, 0.6) is 5.75 Å². The van der Waals surface area contributed by atoms with Gasteiger partial charge in [-0.2, -0.15) is 0 Å². The molecule has 0 bridgehead atoms. The van der Waals surface area contributed by atoms with E-state index in [4.69, 9.17) is 13.6 Å². The van der Waals surface area contributed by atoms with Crippen LogP contribution in [0.1, 0.15) is 41.9 Å². The van der Waals surface area contributed by atoms with E-state index < -0.39 is 0 Å². The molecule has 0 spiro atoms. The van der Waals surface area contributed by atoms with Gasteiger partial charge in [-0.05, 0) is 53.0 Å². The second-order valence-electron chi connectivity index (χ2n) is 6.34. The quantitative estimate of drug-likeness (QED) is 0.623. The largest absolute Gasteiger partial charge is 0.483 e. The Labute approximate surface area is 164 Å². The number of rotatable bonds is 6. The molecule has 140 valence electrons. The number of ether oxygens (including phenoxy) is 1. The van der Waals surface area contributed by atoms with Gasteiger partial charge in [0.1, 0.15) is 5.75 Å². The monoisotopic (exact) mass is 431 g/mol. The Kier molecular flexibility index (Phi) is 5.24. The molecule has 8 heteroatoms. The third-order valence-electron chi connectivity index (χ3n) is 4.42. The molecule has 3 aromatic rings. The zero-order valence-corrected chi connectivity index (χ0v) is 16.1. The van der Waals surface area contributed by atoms with Crippen LogP contribution >= 0.6 is 15.9 Å². The van der Waals surface area contributed by atoms with Crippen molar-refractivity contribution >= 4 is 21.8 Å². The average molecular weight is 432 g/mol. The summed E-state index contributed by atoms with van der Waals surface area (Å²) >= 11 is 3.23. The zero-order chi connectivity index (χ0) is 18.6. The van der Waals surface area contributed by atoms with Crippen LogP contribution in [0.3, 0.4) is 0 Å². The molecule has 1 fully saturated rings. The number of carbonyl (C=O) groups is 1. The Morgan fingerprint density at radius 2 is 1.96 bits per heavy atom. The number of halogens is 1. The van der Waals surface area contributed by atoms with Gasteiger partial charge in [0, 0.05) is 6.04 Å². The first-order chi connectivity index (χ1) is 13.2. The van der Waals surface area contributed by atoms with Crippen molar-refractivity contribution in [2.45, 2.75) is 38.3 Å². The molecule has 1 aliphatic rings. The third-order valence-corrected chi connectivity index (χ3v) is 4.85. The van der Waals surface area contributed by atoms with Crippen LogP contribution in [0.25, 0.3) is 11.7 Å². The number of furan rings is 1. The molecule has 1 aliphatic carbocycles. The maximum atomic E-state index is 12.6. The van der Waals surface area contributed by atoms with Crippen molar-refractivity contribution in [3.05, 3.63) is 52.5 Å². The predicted octanol–water partition coefficient (Wildman–Crippen LogP) is 4.34. The van der Waals surface area contributed by atoms with E-state index in [0.717, 1.165) is 25.7 Å². The van der Waals surface area contributed by atoms with E-state index in [1.54, 1.807) is 24.3 Å². The molecule has 0 aliphatic heterocycles. The van der Waals surface area contributed by atoms with Crippen LogP contribution in [0.4, 0.5) is 0 Å². The second-order valence-corrected chi connectivity index (χ2v) is 7.13. The second kappa shape index (κ2) is 7.96. The van der Waals surface area contributed by atoms with Gasteiger partial charge >= 0.3 is 0 Å². The first-order valence-electron chi connectivity index (χ1n) is 8.80. The van der Waals surface area contributed by atoms with Crippen molar-refractivity contribution in [2.24, 2.45) is 0 Å². The van der Waals surface area contributed by atoms with Crippen LogP contribution in [0, 0.1) is 0 Å². The molecule has 27 heavy (non-hydrogen) atoms. The highest BCUT2D eigenvalue weighted by molar-refractivity contribution is 9.10. The van der Waals surface area contributed by atoms with Crippen molar-refractivity contribution < 1.29 is 18.4 Å². The molecule has 0 atom stereocenters. The van der Waals surface area contributed by atoms with Gasteiger partial charge in [0.25, 0.3) is 17.7 Å². The summed E-state index contributed by atoms with van der Waals surface area (Å²) in [5, 5.41) is 11.0. The number of benzene rings is 1. The molecule has 1 amide bonds. The van der Waals surface area contributed by atoms with Crippen molar-refractivity contribution in [3.8, 4) is 17.4 Å². The topological polar surface area (TPSA) is 90.4 Å². The van der Waals surface area contributed by atoms with Crippen molar-refractivity contribution in [1.29, 1.82) is 0 Å². The van der Waals surface area contributed by atoms with E-state index in [0.29, 0.717) is 27.6 Å². The number of hydrogen-bond donors (Lipinski definition) is 1. The van der Waals surface area contributed by atoms with E-state index in [-0.39, 0.29) is 24.4 Å². The van der Waals surface area contributed by atoms with Crippen LogP contribution < -0.4 is 10.1 Å². The first-order valence-corrected chi connectivity index (χ1v) is 9.59. The van der Waals surface area contributed by atoms with E-state index in [1.165, 1.54) is 0 Å². The normalized spacial score (nSPS) is 14.4. The lowest BCUT2D eigenvalue weighted by atomic mass is 10.1. The molecule has 4 rings (SSSR count). The minimum absolute atomic E-state index is 0.0581. The number of hydrogen-bond acceptors (Lipinski definition) is 6. The Balaban J connectivity index is 1.42. The average Bonchev–Trinajstić information content (AvgIpc) is 3.42. The number of nitrogens with one attached hydrogen (secondary N) is 1. The fraction of sp³-hybridized carbons (Fsp3) is 0.316. The number of amides is 1. The SMILES string of the molecule is O=C(NC1CCCC1)c1ccccc1OCc1nnc(-c2ccc(Br)o2)o1. The minimum atomic E-state index is -0.121. The molecular weight excluding hydrogens is 414 g/mol. The Hall–Kier alpha value is -2.61. The van der Waals surface area contributed by atoms with Gasteiger partial charge in [-0.1, -0.05) is 25.0 Å². The van der Waals surface area contributed by atoms with E-state index in [9.17, 15) is 4.79 Å². The number of para-hydroxylation sites is 1. The maximum absolute atomic E-state index is 12.6. The molecule has 0 radical (unpaired) electrons. The van der Waals surface area contributed by atoms with Crippen LogP contribution in [-0.2, 0) is 6.61 Å². The molecule has 0 saturated heterocycles. The highest BCUT2D eigenvalue weighted by atomic mass is 79.9. The molecular formula is C19H18BrN3O4. The summed E-state index contributed by atoms with van der Waals surface area (Å²) in [7, 11) is 0. The number of carbonyl (C=O) groups excluding carboxylic acids is 1. The lowest BCUT2D eigenvalue weighted by molar-refractivity contribution is 0.0932. The highest BCUT2D eigenvalue weighted by Gasteiger charge is 2.20. The van der Waals surface area contributed by atoms with Crippen molar-refractivity contribution in [1.82, 2.24) is 15.5 Å². The number of aromatic nitrogens is 2. The fourth-order valence-electron chi connectivity index (χ4n) is 3.09. The van der Waals surface area contributed by atoms with Gasteiger partial charge in [0.15, 0.2) is 17.0 Å². The Bertz CT molecular complexity index is 930. The summed E-state index contributed by atoms with van der Waals surface area (Å²) in [4.78, 5) is 12.6. The van der Waals surface area contributed by atoms with Crippen LogP contribution in [-0.4, -0.2) is 22.1 Å². The van der Waals surface area contributed by atoms with Crippen LogP contribution in [0.15, 0.2) is 49.9 Å². The van der Waals surface area contributed by atoms with E-state index >= 15 is 0 Å². The first kappa shape index (κ1) is 17.8. The van der Waals surface area contributed by atoms with Crippen LogP contribution in [0.2, 0.25) is 0 Å². The lowest BCUT2D eigenvalue weighted by Gasteiger charge is -2.14. The molecule has 7 nitrogen and oxygen atoms in total. The van der Waals surface area contributed by atoms with Crippen molar-refractivity contribution in [2.75, 3.05) is 0 Å². The summed E-state index contributed by atoms with van der Waals surface area (Å²) in [5.74, 6) is 1.39. The summed E-state index contributed by atoms with van der Waals surface area (Å²) in [6, 6.07) is 10.9. The standard InChI is InChI=1S/C19H18BrN3O4/c20-16-10-9-15(26-16)19-23-22-17(27-19)11-25-14-8-4-3-7-13(14)18(24)21-12-5-1-2-6-12/h3-4,7-10,12H,1-2,5-6,11H2,(H,21,24). The summed E-state index contributed by atoms with van der Waals surface area (Å²) in [6.45, 7) is 0.0581. The minimum Gasteiger partial charge on any atom is -0.483 e. The maximum Gasteiger partial charge on any atom is 0.283 e. The van der Waals surface area contributed by atoms with Gasteiger partial charge in [0.2, 0.25) is 0 Å². The zero-order valence-electron chi connectivity index (χ0n) is 14.5. The molecule has 2 aromatic heterocycles. The molecule has 0 unspecified atom stereocenters. The highest BCUT2D eigenvalue weighted by Crippen LogP contribution is 2.25. The Morgan fingerprint density at radius 3 is 2.74 bits per heavy atom. The summed E-state index contributed by atoms with van der Waals surface area (Å²) < 4.78 is 17.3. The molecule has 2 heterocycles. The number of nitrogens with zero attached hydrogens (tertiary/aromatic N) is 2. The predicted molar refractivity (Wildman–Crippen MR) is 100 cm³/mol. The van der Waals surface area contributed by atoms with Gasteiger partial charge in [-0.15, -0.1) is 10.2 Å².